The third-order valence-electron chi connectivity index (χ3n) is 2.49. The fourth-order valence-corrected chi connectivity index (χ4v) is 1.23. The van der Waals surface area contributed by atoms with E-state index in [1.807, 2.05) is 0 Å². The van der Waals surface area contributed by atoms with Crippen LogP contribution in [0.3, 0.4) is 0 Å². The van der Waals surface area contributed by atoms with Gasteiger partial charge in [-0.3, -0.25) is 4.79 Å². The average Bonchev–Trinajstić information content (AvgIpc) is 2.11. The van der Waals surface area contributed by atoms with Crippen molar-refractivity contribution in [1.29, 1.82) is 0 Å². The molecule has 0 heterocycles. The van der Waals surface area contributed by atoms with Gasteiger partial charge in [-0.2, -0.15) is 0 Å². The lowest BCUT2D eigenvalue weighted by atomic mass is 10.1. The first-order valence-electron chi connectivity index (χ1n) is 4.77. The molecule has 0 fully saturated rings. The zero-order valence-corrected chi connectivity index (χ0v) is 10.6. The second-order valence-electron chi connectivity index (χ2n) is 4.06. The van der Waals surface area contributed by atoms with Crippen molar-refractivity contribution in [3.05, 3.63) is 0 Å². The Balaban J connectivity index is 4.90. The second-order valence-corrected chi connectivity index (χ2v) is 6.62. The summed E-state index contributed by atoms with van der Waals surface area (Å²) in [6.45, 7) is 4.07. The van der Waals surface area contributed by atoms with Crippen LogP contribution < -0.4 is 5.32 Å². The largest absolute Gasteiger partial charge is 0.480 e. The summed E-state index contributed by atoms with van der Waals surface area (Å²) in [6, 6.07) is -1.06. The summed E-state index contributed by atoms with van der Waals surface area (Å²) in [5, 5.41) is 10.9. The lowest BCUT2D eigenvalue weighted by Gasteiger charge is -2.23. The number of carboxylic acid groups (broad SMARTS) is 1. The Kier molecular flexibility index (Phi) is 4.48. The summed E-state index contributed by atoms with van der Waals surface area (Å²) in [5.74, 6) is -1.98. The Morgan fingerprint density at radius 1 is 1.38 bits per heavy atom. The Morgan fingerprint density at radius 2 is 1.81 bits per heavy atom. The standard InChI is InChI=1S/C9H17NO5S/c1-5-6(7(11)12)10-8(13)9(2,3)16(4,14)15/h6H,5H2,1-4H3,(H,10,13)(H,11,12)/t6-/m1/s1. The molecule has 0 bridgehead atoms. The summed E-state index contributed by atoms with van der Waals surface area (Å²) in [6.07, 6.45) is 1.13. The predicted octanol–water partition coefficient (Wildman–Crippen LogP) is -0.211. The fraction of sp³-hybridized carbons (Fsp3) is 0.778. The summed E-state index contributed by atoms with van der Waals surface area (Å²) in [5.41, 5.74) is 0. The smallest absolute Gasteiger partial charge is 0.326 e. The van der Waals surface area contributed by atoms with Gasteiger partial charge < -0.3 is 10.4 Å². The molecule has 2 N–H and O–H groups in total. The van der Waals surface area contributed by atoms with Gasteiger partial charge >= 0.3 is 5.97 Å². The van der Waals surface area contributed by atoms with Gasteiger partial charge in [0.1, 0.15) is 10.8 Å². The molecular weight excluding hydrogens is 234 g/mol. The van der Waals surface area contributed by atoms with Gasteiger partial charge in [0.15, 0.2) is 9.84 Å². The third-order valence-corrected chi connectivity index (χ3v) is 4.52. The van der Waals surface area contributed by atoms with Gasteiger partial charge in [0, 0.05) is 6.26 Å². The van der Waals surface area contributed by atoms with Crippen LogP contribution in [0.15, 0.2) is 0 Å². The molecule has 1 atom stereocenters. The molecule has 7 heteroatoms. The van der Waals surface area contributed by atoms with Crippen molar-refractivity contribution in [2.45, 2.75) is 38.0 Å². The van der Waals surface area contributed by atoms with Gasteiger partial charge in [0.25, 0.3) is 0 Å². The van der Waals surface area contributed by atoms with Crippen molar-refractivity contribution >= 4 is 21.7 Å². The van der Waals surface area contributed by atoms with Crippen LogP contribution in [0.1, 0.15) is 27.2 Å². The molecule has 16 heavy (non-hydrogen) atoms. The maximum atomic E-state index is 11.6. The van der Waals surface area contributed by atoms with Gasteiger partial charge in [-0.05, 0) is 20.3 Å². The number of amides is 1. The van der Waals surface area contributed by atoms with Crippen LogP contribution in [0.2, 0.25) is 0 Å². The highest BCUT2D eigenvalue weighted by Gasteiger charge is 2.39. The number of rotatable bonds is 5. The van der Waals surface area contributed by atoms with Crippen LogP contribution >= 0.6 is 0 Å². The van der Waals surface area contributed by atoms with Crippen molar-refractivity contribution in [2.75, 3.05) is 6.26 Å². The van der Waals surface area contributed by atoms with Crippen molar-refractivity contribution in [2.24, 2.45) is 0 Å². The Hall–Kier alpha value is -1.11. The number of hydrogen-bond acceptors (Lipinski definition) is 4. The number of sulfone groups is 1. The van der Waals surface area contributed by atoms with E-state index >= 15 is 0 Å². The van der Waals surface area contributed by atoms with E-state index in [0.29, 0.717) is 0 Å². The normalized spacial score (nSPS) is 14.2. The number of carbonyl (C=O) groups is 2. The van der Waals surface area contributed by atoms with E-state index in [4.69, 9.17) is 5.11 Å². The summed E-state index contributed by atoms with van der Waals surface area (Å²) in [4.78, 5) is 22.3. The van der Waals surface area contributed by atoms with E-state index in [2.05, 4.69) is 5.32 Å². The first-order valence-corrected chi connectivity index (χ1v) is 6.66. The van der Waals surface area contributed by atoms with Gasteiger partial charge in [-0.1, -0.05) is 6.92 Å². The molecule has 6 nitrogen and oxygen atoms in total. The molecule has 0 aromatic rings. The first-order chi connectivity index (χ1) is 7.04. The Bertz CT molecular complexity index is 385. The highest BCUT2D eigenvalue weighted by atomic mass is 32.2. The summed E-state index contributed by atoms with van der Waals surface area (Å²) in [7, 11) is -3.59. The zero-order valence-electron chi connectivity index (χ0n) is 9.77. The van der Waals surface area contributed by atoms with Crippen LogP contribution in [0.25, 0.3) is 0 Å². The Labute approximate surface area is 95.0 Å². The minimum Gasteiger partial charge on any atom is -0.480 e. The highest BCUT2D eigenvalue weighted by Crippen LogP contribution is 2.15. The average molecular weight is 251 g/mol. The second kappa shape index (κ2) is 4.82. The van der Waals surface area contributed by atoms with Crippen LogP contribution in [0, 0.1) is 0 Å². The minimum absolute atomic E-state index is 0.195. The van der Waals surface area contributed by atoms with Gasteiger partial charge in [-0.15, -0.1) is 0 Å². The van der Waals surface area contributed by atoms with Gasteiger partial charge in [0.2, 0.25) is 5.91 Å². The topological polar surface area (TPSA) is 101 Å². The lowest BCUT2D eigenvalue weighted by molar-refractivity contribution is -0.142. The molecule has 0 aromatic carbocycles. The lowest BCUT2D eigenvalue weighted by Crippen LogP contribution is -2.52. The van der Waals surface area contributed by atoms with Crippen LogP contribution in [-0.4, -0.2) is 42.4 Å². The highest BCUT2D eigenvalue weighted by molar-refractivity contribution is 7.92. The molecule has 0 aromatic heterocycles. The number of carboxylic acids is 1. The van der Waals surface area contributed by atoms with E-state index in [1.165, 1.54) is 13.8 Å². The van der Waals surface area contributed by atoms with E-state index in [9.17, 15) is 18.0 Å². The van der Waals surface area contributed by atoms with E-state index < -0.39 is 32.5 Å². The number of nitrogens with one attached hydrogen (secondary N) is 1. The molecule has 0 spiro atoms. The number of aliphatic carboxylic acids is 1. The molecular formula is C9H17NO5S. The molecule has 0 rings (SSSR count). The third kappa shape index (κ3) is 3.19. The Morgan fingerprint density at radius 3 is 2.06 bits per heavy atom. The molecule has 0 radical (unpaired) electrons. The summed E-state index contributed by atoms with van der Waals surface area (Å²) < 4.78 is 21.0. The minimum atomic E-state index is -3.59. The van der Waals surface area contributed by atoms with Gasteiger partial charge in [0.05, 0.1) is 0 Å². The van der Waals surface area contributed by atoms with E-state index in [-0.39, 0.29) is 6.42 Å². The van der Waals surface area contributed by atoms with Crippen molar-refractivity contribution in [3.63, 3.8) is 0 Å². The monoisotopic (exact) mass is 251 g/mol. The van der Waals surface area contributed by atoms with Crippen molar-refractivity contribution < 1.29 is 23.1 Å². The van der Waals surface area contributed by atoms with Crippen molar-refractivity contribution in [1.82, 2.24) is 5.32 Å². The number of carbonyl (C=O) groups excluding carboxylic acids is 1. The number of hydrogen-bond donors (Lipinski definition) is 2. The maximum Gasteiger partial charge on any atom is 0.326 e. The molecule has 0 saturated heterocycles. The van der Waals surface area contributed by atoms with Crippen molar-refractivity contribution in [3.8, 4) is 0 Å². The molecule has 0 aliphatic carbocycles. The quantitative estimate of drug-likeness (QED) is 0.704. The fourth-order valence-electron chi connectivity index (χ4n) is 0.839. The predicted molar refractivity (Wildman–Crippen MR) is 58.8 cm³/mol. The molecule has 0 aliphatic rings. The summed E-state index contributed by atoms with van der Waals surface area (Å²) >= 11 is 0. The maximum absolute atomic E-state index is 11.6. The van der Waals surface area contributed by atoms with Crippen LogP contribution in [-0.2, 0) is 19.4 Å². The van der Waals surface area contributed by atoms with Gasteiger partial charge in [-0.25, -0.2) is 13.2 Å². The molecule has 1 amide bonds. The van der Waals surface area contributed by atoms with Crippen LogP contribution in [0.4, 0.5) is 0 Å². The molecule has 0 aliphatic heterocycles. The molecule has 94 valence electrons. The molecule has 0 unspecified atom stereocenters. The first kappa shape index (κ1) is 14.9. The van der Waals surface area contributed by atoms with Crippen LogP contribution in [0.5, 0.6) is 0 Å². The van der Waals surface area contributed by atoms with E-state index in [0.717, 1.165) is 6.26 Å². The molecule has 0 saturated carbocycles. The zero-order chi connectivity index (χ0) is 13.1. The SMILES string of the molecule is CC[C@@H](NC(=O)C(C)(C)S(C)(=O)=O)C(=O)O. The van der Waals surface area contributed by atoms with E-state index in [1.54, 1.807) is 6.92 Å².